The normalized spacial score (nSPS) is 18.1. The molecule has 0 bridgehead atoms. The quantitative estimate of drug-likeness (QED) is 0.459. The molecule has 0 spiro atoms. The zero-order chi connectivity index (χ0) is 27.3. The average Bonchev–Trinajstić information content (AvgIpc) is 3.26. The fourth-order valence-electron chi connectivity index (χ4n) is 3.73. The maximum absolute atomic E-state index is 14.6. The van der Waals surface area contributed by atoms with Gasteiger partial charge >= 0.3 is 18.0 Å². The van der Waals surface area contributed by atoms with Gasteiger partial charge in [0, 0.05) is 17.0 Å². The van der Waals surface area contributed by atoms with Crippen LogP contribution in [0.4, 0.5) is 14.9 Å². The first kappa shape index (κ1) is 28.0. The monoisotopic (exact) mass is 531 g/mol. The number of hydrogen-bond acceptors (Lipinski definition) is 6. The number of ether oxygens (including phenoxy) is 1. The molecule has 37 heavy (non-hydrogen) atoms. The summed E-state index contributed by atoms with van der Waals surface area (Å²) in [6.07, 6.45) is 0. The van der Waals surface area contributed by atoms with Crippen molar-refractivity contribution in [1.29, 1.82) is 0 Å². The van der Waals surface area contributed by atoms with Crippen molar-refractivity contribution >= 4 is 41.3 Å². The molecule has 11 heteroatoms. The smallest absolute Gasteiger partial charge is 0.330 e. The van der Waals surface area contributed by atoms with Crippen LogP contribution in [0.1, 0.15) is 50.1 Å². The van der Waals surface area contributed by atoms with Gasteiger partial charge in [-0.05, 0) is 51.5 Å². The Morgan fingerprint density at radius 1 is 1.16 bits per heavy atom. The number of nitrogens with zero attached hydrogens (tertiary/aromatic N) is 1. The largest absolute Gasteiger partial charge is 0.481 e. The fourth-order valence-corrected chi connectivity index (χ4v) is 5.19. The first-order valence-corrected chi connectivity index (χ1v) is 12.7. The highest BCUT2D eigenvalue weighted by molar-refractivity contribution is 7.99. The minimum Gasteiger partial charge on any atom is -0.481 e. The van der Waals surface area contributed by atoms with Crippen LogP contribution in [0.25, 0.3) is 0 Å². The first-order chi connectivity index (χ1) is 17.4. The third-order valence-electron chi connectivity index (χ3n) is 5.55. The molecule has 0 aromatic heterocycles. The molecule has 0 aliphatic carbocycles. The molecule has 9 nitrogen and oxygen atoms in total. The lowest BCUT2D eigenvalue weighted by atomic mass is 10.0. The van der Waals surface area contributed by atoms with Crippen molar-refractivity contribution in [2.24, 2.45) is 0 Å². The van der Waals surface area contributed by atoms with Crippen molar-refractivity contribution in [2.45, 2.75) is 50.6 Å². The topological polar surface area (TPSA) is 125 Å². The van der Waals surface area contributed by atoms with Crippen molar-refractivity contribution in [1.82, 2.24) is 10.2 Å². The predicted octanol–water partition coefficient (Wildman–Crippen LogP) is 4.12. The number of hydrogen-bond donors (Lipinski definition) is 3. The number of benzene rings is 2. The summed E-state index contributed by atoms with van der Waals surface area (Å²) in [7, 11) is 0. The number of thioether (sulfide) groups is 1. The minimum absolute atomic E-state index is 0.209. The van der Waals surface area contributed by atoms with Crippen LogP contribution in [0, 0.1) is 5.82 Å². The summed E-state index contributed by atoms with van der Waals surface area (Å²) in [5, 5.41) is 13.5. The van der Waals surface area contributed by atoms with E-state index in [1.165, 1.54) is 41.8 Å². The Morgan fingerprint density at radius 2 is 1.86 bits per heavy atom. The summed E-state index contributed by atoms with van der Waals surface area (Å²) in [6, 6.07) is 10.7. The number of carboxylic acid groups (broad SMARTS) is 1. The van der Waals surface area contributed by atoms with E-state index in [4.69, 9.17) is 4.74 Å². The van der Waals surface area contributed by atoms with Crippen molar-refractivity contribution in [2.75, 3.05) is 17.6 Å². The lowest BCUT2D eigenvalue weighted by Gasteiger charge is -2.30. The number of carboxylic acids is 1. The summed E-state index contributed by atoms with van der Waals surface area (Å²) in [6.45, 7) is 6.21. The van der Waals surface area contributed by atoms with Gasteiger partial charge in [-0.1, -0.05) is 30.3 Å². The van der Waals surface area contributed by atoms with E-state index in [1.807, 2.05) is 0 Å². The highest BCUT2D eigenvalue weighted by Crippen LogP contribution is 2.42. The van der Waals surface area contributed by atoms with E-state index in [2.05, 4.69) is 10.6 Å². The molecule has 3 amide bonds. The Hall–Kier alpha value is -3.60. The van der Waals surface area contributed by atoms with Gasteiger partial charge in [0.25, 0.3) is 0 Å². The number of urea groups is 1. The lowest BCUT2D eigenvalue weighted by Crippen LogP contribution is -2.49. The van der Waals surface area contributed by atoms with Crippen molar-refractivity contribution in [3.63, 3.8) is 0 Å². The SMILES string of the molecule is C[C@H](C(=O)O)c1cccc(NC(=O)NCC(=O)N2C(c3ccccc3F)SC[C@H]2C(=O)OC(C)(C)C)c1. The molecule has 1 unspecified atom stereocenters. The molecule has 0 radical (unpaired) electrons. The maximum Gasteiger partial charge on any atom is 0.330 e. The van der Waals surface area contributed by atoms with E-state index in [1.54, 1.807) is 51.1 Å². The highest BCUT2D eigenvalue weighted by atomic mass is 32.2. The zero-order valence-corrected chi connectivity index (χ0v) is 21.8. The van der Waals surface area contributed by atoms with Gasteiger partial charge in [-0.15, -0.1) is 11.8 Å². The van der Waals surface area contributed by atoms with Gasteiger partial charge < -0.3 is 25.4 Å². The van der Waals surface area contributed by atoms with E-state index in [0.29, 0.717) is 11.3 Å². The van der Waals surface area contributed by atoms with Gasteiger partial charge in [-0.2, -0.15) is 0 Å². The Labute approximate surface area is 218 Å². The van der Waals surface area contributed by atoms with Crippen LogP contribution in [0.2, 0.25) is 0 Å². The standard InChI is InChI=1S/C26H30FN3O6S/c1-15(23(32)33)16-8-7-9-17(12-16)29-25(35)28-13-21(31)30-20(24(34)36-26(2,3)4)14-37-22(30)18-10-5-6-11-19(18)27/h5-12,15,20,22H,13-14H2,1-4H3,(H,32,33)(H2,28,29,35)/t15-,20-,22?/m0/s1. The van der Waals surface area contributed by atoms with Gasteiger partial charge in [0.1, 0.15) is 22.8 Å². The molecular formula is C26H30FN3O6S. The Morgan fingerprint density at radius 3 is 2.51 bits per heavy atom. The van der Waals surface area contributed by atoms with Crippen molar-refractivity contribution in [3.05, 3.63) is 65.5 Å². The summed E-state index contributed by atoms with van der Waals surface area (Å²) in [5.74, 6) is -3.26. The van der Waals surface area contributed by atoms with Crippen LogP contribution < -0.4 is 10.6 Å². The van der Waals surface area contributed by atoms with Crippen LogP contribution in [-0.4, -0.2) is 57.8 Å². The van der Waals surface area contributed by atoms with Crippen LogP contribution in [0.3, 0.4) is 0 Å². The van der Waals surface area contributed by atoms with Gasteiger partial charge in [0.05, 0.1) is 12.5 Å². The maximum atomic E-state index is 14.6. The lowest BCUT2D eigenvalue weighted by molar-refractivity contribution is -0.163. The molecule has 1 fully saturated rings. The minimum atomic E-state index is -1.00. The van der Waals surface area contributed by atoms with Gasteiger partial charge in [0.15, 0.2) is 0 Å². The number of carbonyl (C=O) groups excluding carboxylic acids is 3. The van der Waals surface area contributed by atoms with E-state index in [0.717, 1.165) is 0 Å². The first-order valence-electron chi connectivity index (χ1n) is 11.6. The second-order valence-corrected chi connectivity index (χ2v) is 10.7. The Kier molecular flexibility index (Phi) is 8.80. The average molecular weight is 532 g/mol. The molecule has 1 saturated heterocycles. The van der Waals surface area contributed by atoms with Crippen LogP contribution in [0.15, 0.2) is 48.5 Å². The predicted molar refractivity (Wildman–Crippen MR) is 138 cm³/mol. The van der Waals surface area contributed by atoms with Crippen molar-refractivity contribution < 1.29 is 33.4 Å². The molecule has 3 atom stereocenters. The summed E-state index contributed by atoms with van der Waals surface area (Å²) < 4.78 is 20.1. The van der Waals surface area contributed by atoms with Crippen LogP contribution in [0.5, 0.6) is 0 Å². The number of carbonyl (C=O) groups is 4. The number of rotatable bonds is 7. The zero-order valence-electron chi connectivity index (χ0n) is 21.0. The Balaban J connectivity index is 1.73. The summed E-state index contributed by atoms with van der Waals surface area (Å²) >= 11 is 1.24. The van der Waals surface area contributed by atoms with Gasteiger partial charge in [0.2, 0.25) is 5.91 Å². The molecule has 2 aromatic carbocycles. The number of nitrogens with one attached hydrogen (secondary N) is 2. The van der Waals surface area contributed by atoms with Crippen LogP contribution in [-0.2, 0) is 19.1 Å². The molecule has 1 heterocycles. The number of amides is 3. The van der Waals surface area contributed by atoms with E-state index in [-0.39, 0.29) is 11.3 Å². The van der Waals surface area contributed by atoms with E-state index >= 15 is 0 Å². The number of halogens is 1. The second kappa shape index (κ2) is 11.6. The molecule has 3 rings (SSSR count). The molecule has 2 aromatic rings. The molecular weight excluding hydrogens is 501 g/mol. The summed E-state index contributed by atoms with van der Waals surface area (Å²) in [4.78, 5) is 51.1. The number of aliphatic carboxylic acids is 1. The molecule has 1 aliphatic rings. The summed E-state index contributed by atoms with van der Waals surface area (Å²) in [5.41, 5.74) is 0.324. The highest BCUT2D eigenvalue weighted by Gasteiger charge is 2.44. The number of anilines is 1. The second-order valence-electron chi connectivity index (χ2n) is 9.55. The van der Waals surface area contributed by atoms with Crippen molar-refractivity contribution in [3.8, 4) is 0 Å². The Bertz CT molecular complexity index is 1180. The van der Waals surface area contributed by atoms with E-state index in [9.17, 15) is 28.7 Å². The molecule has 0 saturated carbocycles. The molecule has 1 aliphatic heterocycles. The van der Waals surface area contributed by atoms with Crippen LogP contribution >= 0.6 is 11.8 Å². The third kappa shape index (κ3) is 7.22. The van der Waals surface area contributed by atoms with E-state index < -0.39 is 59.2 Å². The van der Waals surface area contributed by atoms with Gasteiger partial charge in [-0.25, -0.2) is 14.0 Å². The van der Waals surface area contributed by atoms with Gasteiger partial charge in [-0.3, -0.25) is 9.59 Å². The number of esters is 1. The molecule has 3 N–H and O–H groups in total. The fraction of sp³-hybridized carbons (Fsp3) is 0.385. The molecule has 198 valence electrons. The third-order valence-corrected chi connectivity index (χ3v) is 6.86.